The van der Waals surface area contributed by atoms with E-state index < -0.39 is 11.8 Å². The standard InChI is InChI=1S/C12H11NO2/c1-2-11(14)13-12(15)9-8-10-6-4-3-5-7-10/h2-9H,1H2,(H,13,14,15)/b9-8+. The normalized spacial score (nSPS) is 9.87. The van der Waals surface area contributed by atoms with Crippen LogP contribution >= 0.6 is 0 Å². The van der Waals surface area contributed by atoms with Gasteiger partial charge < -0.3 is 0 Å². The second-order valence-corrected chi connectivity index (χ2v) is 2.80. The van der Waals surface area contributed by atoms with Gasteiger partial charge in [0.1, 0.15) is 0 Å². The quantitative estimate of drug-likeness (QED) is 0.754. The van der Waals surface area contributed by atoms with Crippen LogP contribution in [-0.2, 0) is 9.59 Å². The van der Waals surface area contributed by atoms with E-state index in [1.807, 2.05) is 30.3 Å². The Bertz CT molecular complexity index is 393. The zero-order valence-corrected chi connectivity index (χ0v) is 8.14. The first kappa shape index (κ1) is 10.9. The van der Waals surface area contributed by atoms with Crippen LogP contribution in [0.15, 0.2) is 49.1 Å². The lowest BCUT2D eigenvalue weighted by molar-refractivity contribution is -0.125. The molecule has 0 aliphatic carbocycles. The van der Waals surface area contributed by atoms with Gasteiger partial charge in [-0.1, -0.05) is 36.9 Å². The average molecular weight is 201 g/mol. The van der Waals surface area contributed by atoms with E-state index >= 15 is 0 Å². The van der Waals surface area contributed by atoms with Crippen molar-refractivity contribution in [3.8, 4) is 0 Å². The van der Waals surface area contributed by atoms with Crippen LogP contribution in [0.3, 0.4) is 0 Å². The smallest absolute Gasteiger partial charge is 0.250 e. The van der Waals surface area contributed by atoms with Crippen molar-refractivity contribution in [2.75, 3.05) is 0 Å². The van der Waals surface area contributed by atoms with Gasteiger partial charge in [0.15, 0.2) is 0 Å². The number of imide groups is 1. The molecule has 1 aromatic carbocycles. The van der Waals surface area contributed by atoms with Crippen LogP contribution in [0.1, 0.15) is 5.56 Å². The predicted octanol–water partition coefficient (Wildman–Crippen LogP) is 1.53. The summed E-state index contributed by atoms with van der Waals surface area (Å²) in [6.07, 6.45) is 3.98. The van der Waals surface area contributed by atoms with Crippen LogP contribution in [0.25, 0.3) is 6.08 Å². The molecule has 0 heterocycles. The molecular weight excluding hydrogens is 190 g/mol. The largest absolute Gasteiger partial charge is 0.289 e. The van der Waals surface area contributed by atoms with E-state index in [1.54, 1.807) is 6.08 Å². The van der Waals surface area contributed by atoms with Gasteiger partial charge in [-0.15, -0.1) is 0 Å². The van der Waals surface area contributed by atoms with Gasteiger partial charge in [0.05, 0.1) is 0 Å². The second-order valence-electron chi connectivity index (χ2n) is 2.80. The van der Waals surface area contributed by atoms with Crippen molar-refractivity contribution in [2.45, 2.75) is 0 Å². The Morgan fingerprint density at radius 3 is 2.40 bits per heavy atom. The van der Waals surface area contributed by atoms with E-state index in [2.05, 4.69) is 11.9 Å². The number of carbonyl (C=O) groups is 2. The Morgan fingerprint density at radius 2 is 1.80 bits per heavy atom. The van der Waals surface area contributed by atoms with Crippen LogP contribution in [0.2, 0.25) is 0 Å². The van der Waals surface area contributed by atoms with Crippen LogP contribution < -0.4 is 5.32 Å². The van der Waals surface area contributed by atoms with Crippen molar-refractivity contribution in [1.82, 2.24) is 5.32 Å². The van der Waals surface area contributed by atoms with Gasteiger partial charge in [0.2, 0.25) is 5.91 Å². The minimum absolute atomic E-state index is 0.455. The highest BCUT2D eigenvalue weighted by Crippen LogP contribution is 2.00. The SMILES string of the molecule is C=CC(=O)NC(=O)/C=C/c1ccccc1. The molecule has 3 heteroatoms. The van der Waals surface area contributed by atoms with Crippen molar-refractivity contribution in [1.29, 1.82) is 0 Å². The average Bonchev–Trinajstić information content (AvgIpc) is 2.27. The van der Waals surface area contributed by atoms with Gasteiger partial charge in [0.25, 0.3) is 5.91 Å². The van der Waals surface area contributed by atoms with E-state index in [4.69, 9.17) is 0 Å². The molecule has 0 aliphatic rings. The summed E-state index contributed by atoms with van der Waals surface area (Å²) in [5.41, 5.74) is 0.902. The molecule has 0 radical (unpaired) electrons. The first-order valence-corrected chi connectivity index (χ1v) is 4.43. The molecule has 0 saturated heterocycles. The Labute approximate surface area is 88.1 Å². The number of hydrogen-bond acceptors (Lipinski definition) is 2. The highest BCUT2D eigenvalue weighted by atomic mass is 16.2. The number of hydrogen-bond donors (Lipinski definition) is 1. The van der Waals surface area contributed by atoms with E-state index in [9.17, 15) is 9.59 Å². The van der Waals surface area contributed by atoms with Gasteiger partial charge in [-0.3, -0.25) is 14.9 Å². The number of rotatable bonds is 3. The molecule has 1 N–H and O–H groups in total. The highest BCUT2D eigenvalue weighted by molar-refractivity contribution is 6.06. The molecule has 0 spiro atoms. The summed E-state index contributed by atoms with van der Waals surface area (Å²) in [5, 5.41) is 2.12. The number of benzene rings is 1. The van der Waals surface area contributed by atoms with Crippen LogP contribution in [0.5, 0.6) is 0 Å². The molecule has 0 aliphatic heterocycles. The fraction of sp³-hybridized carbons (Fsp3) is 0. The molecule has 3 nitrogen and oxygen atoms in total. The van der Waals surface area contributed by atoms with Crippen molar-refractivity contribution < 1.29 is 9.59 Å². The van der Waals surface area contributed by atoms with Gasteiger partial charge in [0, 0.05) is 6.08 Å². The van der Waals surface area contributed by atoms with Crippen molar-refractivity contribution in [3.63, 3.8) is 0 Å². The third-order valence-electron chi connectivity index (χ3n) is 1.66. The Hall–Kier alpha value is -2.16. The van der Waals surface area contributed by atoms with Crippen molar-refractivity contribution in [3.05, 3.63) is 54.6 Å². The fourth-order valence-electron chi connectivity index (χ4n) is 0.950. The first-order valence-electron chi connectivity index (χ1n) is 4.43. The molecule has 1 aromatic rings. The maximum absolute atomic E-state index is 11.1. The van der Waals surface area contributed by atoms with Gasteiger partial charge >= 0.3 is 0 Å². The molecule has 15 heavy (non-hydrogen) atoms. The minimum atomic E-state index is -0.502. The van der Waals surface area contributed by atoms with Crippen LogP contribution in [0, 0.1) is 0 Å². The van der Waals surface area contributed by atoms with Gasteiger partial charge in [-0.2, -0.15) is 0 Å². The molecule has 0 atom stereocenters. The summed E-state index contributed by atoms with van der Waals surface area (Å²) in [6, 6.07) is 9.34. The molecule has 1 rings (SSSR count). The lowest BCUT2D eigenvalue weighted by Crippen LogP contribution is -2.26. The van der Waals surface area contributed by atoms with E-state index in [0.29, 0.717) is 0 Å². The maximum Gasteiger partial charge on any atom is 0.250 e. The van der Waals surface area contributed by atoms with E-state index in [-0.39, 0.29) is 0 Å². The van der Waals surface area contributed by atoms with Gasteiger partial charge in [-0.25, -0.2) is 0 Å². The number of carbonyl (C=O) groups excluding carboxylic acids is 2. The van der Waals surface area contributed by atoms with Crippen LogP contribution in [-0.4, -0.2) is 11.8 Å². The zero-order valence-electron chi connectivity index (χ0n) is 8.14. The molecular formula is C12H11NO2. The Morgan fingerprint density at radius 1 is 1.13 bits per heavy atom. The van der Waals surface area contributed by atoms with E-state index in [1.165, 1.54) is 6.08 Å². The zero-order chi connectivity index (χ0) is 11.1. The molecule has 0 unspecified atom stereocenters. The lowest BCUT2D eigenvalue weighted by atomic mass is 10.2. The summed E-state index contributed by atoms with van der Waals surface area (Å²) < 4.78 is 0. The third-order valence-corrected chi connectivity index (χ3v) is 1.66. The molecule has 0 fully saturated rings. The summed E-state index contributed by atoms with van der Waals surface area (Å²) in [7, 11) is 0. The van der Waals surface area contributed by atoms with Crippen molar-refractivity contribution in [2.24, 2.45) is 0 Å². The topological polar surface area (TPSA) is 46.2 Å². The summed E-state index contributed by atoms with van der Waals surface area (Å²) in [4.78, 5) is 21.9. The highest BCUT2D eigenvalue weighted by Gasteiger charge is 1.98. The molecule has 2 amide bonds. The summed E-state index contributed by atoms with van der Waals surface area (Å²) >= 11 is 0. The molecule has 0 bridgehead atoms. The molecule has 76 valence electrons. The number of amides is 2. The van der Waals surface area contributed by atoms with Gasteiger partial charge in [-0.05, 0) is 17.7 Å². The lowest BCUT2D eigenvalue weighted by Gasteiger charge is -1.94. The number of nitrogens with one attached hydrogen (secondary N) is 1. The Balaban J connectivity index is 2.55. The fourth-order valence-corrected chi connectivity index (χ4v) is 0.950. The predicted molar refractivity (Wildman–Crippen MR) is 58.8 cm³/mol. The van der Waals surface area contributed by atoms with Crippen molar-refractivity contribution >= 4 is 17.9 Å². The monoisotopic (exact) mass is 201 g/mol. The summed E-state index contributed by atoms with van der Waals surface area (Å²) in [6.45, 7) is 3.24. The third kappa shape index (κ3) is 4.04. The second kappa shape index (κ2) is 5.54. The maximum atomic E-state index is 11.1. The molecule has 0 saturated carbocycles. The molecule has 0 aromatic heterocycles. The first-order chi connectivity index (χ1) is 7.22. The minimum Gasteiger partial charge on any atom is -0.289 e. The van der Waals surface area contributed by atoms with E-state index in [0.717, 1.165) is 11.6 Å². The van der Waals surface area contributed by atoms with Crippen LogP contribution in [0.4, 0.5) is 0 Å². The Kier molecular flexibility index (Phi) is 4.04. The summed E-state index contributed by atoms with van der Waals surface area (Å²) in [5.74, 6) is -0.957.